The maximum absolute atomic E-state index is 2.20. The zero-order valence-electron chi connectivity index (χ0n) is 11.8. The monoisotopic (exact) mass is 322 g/mol. The Kier molecular flexibility index (Phi) is 3.54. The van der Waals surface area contributed by atoms with Crippen LogP contribution in [-0.2, 0) is 0 Å². The number of aromatic nitrogens is 2. The van der Waals surface area contributed by atoms with E-state index in [1.165, 1.54) is 19.8 Å². The molecule has 0 aliphatic heterocycles. The fraction of sp³-hybridized carbons (Fsp3) is 0. The molecule has 4 aromatic heterocycles. The van der Waals surface area contributed by atoms with Gasteiger partial charge >= 0.3 is 0 Å². The molecule has 4 heteroatoms. The Labute approximate surface area is 137 Å². The Morgan fingerprint density at radius 2 is 0.909 bits per heavy atom. The van der Waals surface area contributed by atoms with Gasteiger partial charge in [-0.3, -0.25) is 0 Å². The van der Waals surface area contributed by atoms with E-state index in [9.17, 15) is 0 Å². The van der Waals surface area contributed by atoms with E-state index in [4.69, 9.17) is 0 Å². The van der Waals surface area contributed by atoms with Gasteiger partial charge in [0.2, 0.25) is 0 Å². The zero-order chi connectivity index (χ0) is 14.8. The molecule has 0 aliphatic rings. The van der Waals surface area contributed by atoms with Gasteiger partial charge in [0.25, 0.3) is 10.0 Å². The third-order valence-electron chi connectivity index (χ3n) is 3.37. The highest BCUT2D eigenvalue weighted by Gasteiger charge is 2.14. The van der Waals surface area contributed by atoms with Crippen molar-refractivity contribution >= 4 is 22.7 Å². The molecule has 0 radical (unpaired) electrons. The largest absolute Gasteiger partial charge is 0.267 e. The van der Waals surface area contributed by atoms with E-state index in [2.05, 4.69) is 82.5 Å². The minimum Gasteiger partial charge on any atom is -0.158 e. The first kappa shape index (κ1) is 13.4. The van der Waals surface area contributed by atoms with E-state index >= 15 is 0 Å². The molecule has 0 amide bonds. The Bertz CT molecular complexity index is 804. The van der Waals surface area contributed by atoms with Crippen molar-refractivity contribution in [1.82, 2.24) is 0 Å². The maximum atomic E-state index is 2.20. The average molecular weight is 322 g/mol. The molecule has 0 bridgehead atoms. The summed E-state index contributed by atoms with van der Waals surface area (Å²) in [6.45, 7) is 0. The summed E-state index contributed by atoms with van der Waals surface area (Å²) in [5.41, 5.74) is 0. The summed E-state index contributed by atoms with van der Waals surface area (Å²) in [5, 5.41) is 2.47. The summed E-state index contributed by atoms with van der Waals surface area (Å²) in [4.78, 5) is 2.61. The van der Waals surface area contributed by atoms with Gasteiger partial charge in [-0.2, -0.15) is 9.13 Å². The van der Waals surface area contributed by atoms with E-state index < -0.39 is 0 Å². The van der Waals surface area contributed by atoms with Gasteiger partial charge in [0.05, 0.1) is 9.75 Å². The minimum absolute atomic E-state index is 1.23. The normalized spacial score (nSPS) is 10.7. The summed E-state index contributed by atoms with van der Waals surface area (Å²) in [5.74, 6) is 0. The fourth-order valence-corrected chi connectivity index (χ4v) is 4.33. The molecule has 0 fully saturated rings. The molecule has 4 aromatic rings. The number of thiophene rings is 2. The highest BCUT2D eigenvalue weighted by Crippen LogP contribution is 2.33. The second-order valence-corrected chi connectivity index (χ2v) is 6.97. The quantitative estimate of drug-likeness (QED) is 0.503. The molecule has 22 heavy (non-hydrogen) atoms. The molecule has 0 spiro atoms. The van der Waals surface area contributed by atoms with Gasteiger partial charge < -0.3 is 0 Å². The SMILES string of the molecule is c1cc[n+](-c2ccc(-c3ccc(-[n+]4ccccc4)s3)s2)cc1. The first-order valence-electron chi connectivity index (χ1n) is 7.03. The fourth-order valence-electron chi connectivity index (χ4n) is 2.29. The van der Waals surface area contributed by atoms with Crippen LogP contribution in [0.5, 0.6) is 0 Å². The van der Waals surface area contributed by atoms with Gasteiger partial charge in [-0.05, 0) is 12.1 Å². The van der Waals surface area contributed by atoms with Crippen LogP contribution >= 0.6 is 22.7 Å². The van der Waals surface area contributed by atoms with Crippen molar-refractivity contribution < 1.29 is 9.13 Å². The molecule has 0 unspecified atom stereocenters. The molecule has 0 saturated heterocycles. The molecule has 0 atom stereocenters. The Hall–Kier alpha value is -2.30. The molecular formula is C18H14N2S2+2. The zero-order valence-corrected chi connectivity index (χ0v) is 13.4. The molecule has 106 valence electrons. The van der Waals surface area contributed by atoms with Crippen LogP contribution in [0.1, 0.15) is 0 Å². The van der Waals surface area contributed by atoms with Crippen LogP contribution in [0.15, 0.2) is 85.5 Å². The van der Waals surface area contributed by atoms with E-state index in [0.29, 0.717) is 0 Å². The molecule has 4 rings (SSSR count). The highest BCUT2D eigenvalue weighted by atomic mass is 32.1. The maximum Gasteiger partial charge on any atom is 0.267 e. The minimum atomic E-state index is 1.23. The predicted molar refractivity (Wildman–Crippen MR) is 90.7 cm³/mol. The van der Waals surface area contributed by atoms with Crippen molar-refractivity contribution in [1.29, 1.82) is 0 Å². The van der Waals surface area contributed by atoms with Crippen molar-refractivity contribution in [3.05, 3.63) is 85.5 Å². The lowest BCUT2D eigenvalue weighted by Gasteiger charge is -1.90. The molecule has 0 N–H and O–H groups in total. The Balaban J connectivity index is 1.66. The molecule has 0 aromatic carbocycles. The predicted octanol–water partition coefficient (Wildman–Crippen LogP) is 4.03. The van der Waals surface area contributed by atoms with Gasteiger partial charge in [0, 0.05) is 36.4 Å². The van der Waals surface area contributed by atoms with Crippen LogP contribution < -0.4 is 9.13 Å². The van der Waals surface area contributed by atoms with Crippen LogP contribution in [0.3, 0.4) is 0 Å². The standard InChI is InChI=1S/C18H14N2S2/c1-3-11-19(12-4-1)17-9-7-15(21-17)16-8-10-18(22-16)20-13-5-2-6-14-20/h1-14H/q+2. The number of hydrogen-bond donors (Lipinski definition) is 0. The smallest absolute Gasteiger partial charge is 0.158 e. The molecule has 2 nitrogen and oxygen atoms in total. The van der Waals surface area contributed by atoms with Crippen molar-refractivity contribution in [2.75, 3.05) is 0 Å². The topological polar surface area (TPSA) is 7.76 Å². The van der Waals surface area contributed by atoms with Crippen molar-refractivity contribution in [3.63, 3.8) is 0 Å². The van der Waals surface area contributed by atoms with Gasteiger partial charge in [-0.15, -0.1) is 0 Å². The molecule has 4 heterocycles. The summed E-state index contributed by atoms with van der Waals surface area (Å²) in [7, 11) is 0. The van der Waals surface area contributed by atoms with Crippen LogP contribution in [0.25, 0.3) is 19.8 Å². The molecule has 0 saturated carbocycles. The van der Waals surface area contributed by atoms with Crippen molar-refractivity contribution in [3.8, 4) is 19.8 Å². The average Bonchev–Trinajstić information content (AvgIpc) is 3.26. The third kappa shape index (κ3) is 2.58. The van der Waals surface area contributed by atoms with Crippen LogP contribution in [0, 0.1) is 0 Å². The van der Waals surface area contributed by atoms with Gasteiger partial charge in [-0.25, -0.2) is 0 Å². The van der Waals surface area contributed by atoms with Crippen LogP contribution in [0.2, 0.25) is 0 Å². The summed E-state index contributed by atoms with van der Waals surface area (Å²) in [6, 6.07) is 21.0. The number of rotatable bonds is 3. The lowest BCUT2D eigenvalue weighted by Crippen LogP contribution is -2.27. The summed E-state index contributed by atoms with van der Waals surface area (Å²) >= 11 is 3.62. The van der Waals surface area contributed by atoms with Crippen molar-refractivity contribution in [2.45, 2.75) is 0 Å². The Morgan fingerprint density at radius 1 is 0.500 bits per heavy atom. The second-order valence-electron chi connectivity index (χ2n) is 4.84. The van der Waals surface area contributed by atoms with E-state index in [0.717, 1.165) is 0 Å². The van der Waals surface area contributed by atoms with Gasteiger partial charge in [-0.1, -0.05) is 34.8 Å². The second kappa shape index (κ2) is 5.83. The van der Waals surface area contributed by atoms with Gasteiger partial charge in [0.1, 0.15) is 0 Å². The molecular weight excluding hydrogens is 308 g/mol. The highest BCUT2D eigenvalue weighted by molar-refractivity contribution is 7.23. The number of pyridine rings is 2. The van der Waals surface area contributed by atoms with Crippen LogP contribution in [0.4, 0.5) is 0 Å². The van der Waals surface area contributed by atoms with E-state index in [1.54, 1.807) is 0 Å². The lowest BCUT2D eigenvalue weighted by molar-refractivity contribution is -0.591. The summed E-state index contributed by atoms with van der Waals surface area (Å²) in [6.07, 6.45) is 8.31. The van der Waals surface area contributed by atoms with Crippen molar-refractivity contribution in [2.24, 2.45) is 0 Å². The number of nitrogens with zero attached hydrogens (tertiary/aromatic N) is 2. The number of hydrogen-bond acceptors (Lipinski definition) is 2. The van der Waals surface area contributed by atoms with Crippen LogP contribution in [-0.4, -0.2) is 0 Å². The van der Waals surface area contributed by atoms with E-state index in [1.807, 2.05) is 34.8 Å². The van der Waals surface area contributed by atoms with E-state index in [-0.39, 0.29) is 0 Å². The lowest BCUT2D eigenvalue weighted by atomic mass is 10.4. The first-order chi connectivity index (χ1) is 10.9. The Morgan fingerprint density at radius 3 is 1.32 bits per heavy atom. The first-order valence-corrected chi connectivity index (χ1v) is 8.67. The third-order valence-corrected chi connectivity index (χ3v) is 5.76. The van der Waals surface area contributed by atoms with Gasteiger partial charge in [0.15, 0.2) is 24.8 Å². The summed E-state index contributed by atoms with van der Waals surface area (Å²) < 4.78 is 4.29. The molecule has 0 aliphatic carbocycles.